The fourth-order valence-electron chi connectivity index (χ4n) is 2.21. The topological polar surface area (TPSA) is 128 Å². The number of furan rings is 1. The average molecular weight is 389 g/mol. The molecule has 1 aromatic heterocycles. The second kappa shape index (κ2) is 9.76. The Labute approximate surface area is 160 Å². The number of amides is 2. The molecular weight excluding hydrogens is 370 g/mol. The Morgan fingerprint density at radius 1 is 1.04 bits per heavy atom. The molecule has 28 heavy (non-hydrogen) atoms. The van der Waals surface area contributed by atoms with Crippen molar-refractivity contribution in [2.75, 3.05) is 26.6 Å². The summed E-state index contributed by atoms with van der Waals surface area (Å²) in [4.78, 5) is 38.7. The maximum absolute atomic E-state index is 12.0. The van der Waals surface area contributed by atoms with Crippen molar-refractivity contribution < 1.29 is 33.0 Å². The van der Waals surface area contributed by atoms with Crippen molar-refractivity contribution in [2.45, 2.75) is 6.42 Å². The Balaban J connectivity index is 2.42. The fraction of sp³-hybridized carbons (Fsp3) is 0.222. The maximum Gasteiger partial charge on any atom is 0.436 e. The molecule has 0 saturated carbocycles. The molecule has 0 unspecified atom stereocenters. The van der Waals surface area contributed by atoms with Gasteiger partial charge in [-0.1, -0.05) is 30.3 Å². The van der Waals surface area contributed by atoms with Crippen LogP contribution in [0.5, 0.6) is 0 Å². The molecule has 2 N–H and O–H groups in total. The molecule has 10 nitrogen and oxygen atoms in total. The van der Waals surface area contributed by atoms with Crippen molar-refractivity contribution in [1.29, 1.82) is 0 Å². The Hall–Kier alpha value is -3.82. The lowest BCUT2D eigenvalue weighted by Crippen LogP contribution is -2.37. The number of nitrogens with zero attached hydrogens (tertiary/aromatic N) is 1. The summed E-state index contributed by atoms with van der Waals surface area (Å²) in [6, 6.07) is 9.40. The van der Waals surface area contributed by atoms with Gasteiger partial charge in [-0.2, -0.15) is 0 Å². The van der Waals surface area contributed by atoms with Gasteiger partial charge in [-0.15, -0.1) is 4.99 Å². The normalized spacial score (nSPS) is 10.8. The number of benzene rings is 1. The molecule has 0 saturated heterocycles. The standard InChI is InChI=1S/C18H19N3O7/c1-25-15(22)14-13(12(10-28-14)9-11-7-5-4-6-8-11)19-16(20-17(23)26-2)21-18(24)27-3/h4-8,10H,9H2,1-3H3,(H2,19,20,21,23,24). The second-order valence-corrected chi connectivity index (χ2v) is 5.29. The van der Waals surface area contributed by atoms with Crippen molar-refractivity contribution in [3.8, 4) is 0 Å². The van der Waals surface area contributed by atoms with Gasteiger partial charge in [0.05, 0.1) is 33.3 Å². The minimum atomic E-state index is -0.980. The minimum Gasteiger partial charge on any atom is -0.463 e. The molecule has 0 radical (unpaired) electrons. The first-order valence-electron chi connectivity index (χ1n) is 7.99. The van der Waals surface area contributed by atoms with E-state index in [2.05, 4.69) is 25.1 Å². The maximum atomic E-state index is 12.0. The van der Waals surface area contributed by atoms with E-state index in [0.29, 0.717) is 12.0 Å². The summed E-state index contributed by atoms with van der Waals surface area (Å²) in [5, 5.41) is 4.93. The van der Waals surface area contributed by atoms with Crippen molar-refractivity contribution in [1.82, 2.24) is 5.32 Å². The zero-order valence-electron chi connectivity index (χ0n) is 15.5. The van der Waals surface area contributed by atoms with Crippen LogP contribution >= 0.6 is 0 Å². The first kappa shape index (κ1) is 20.5. The Kier molecular flexibility index (Phi) is 7.14. The van der Waals surface area contributed by atoms with E-state index in [-0.39, 0.29) is 17.4 Å². The largest absolute Gasteiger partial charge is 0.463 e. The van der Waals surface area contributed by atoms with Gasteiger partial charge in [0, 0.05) is 12.0 Å². The molecule has 1 aromatic carbocycles. The Morgan fingerprint density at radius 2 is 1.75 bits per heavy atom. The summed E-state index contributed by atoms with van der Waals surface area (Å²) >= 11 is 0. The van der Waals surface area contributed by atoms with Crippen molar-refractivity contribution in [3.05, 3.63) is 53.5 Å². The fourth-order valence-corrected chi connectivity index (χ4v) is 2.21. The van der Waals surface area contributed by atoms with Gasteiger partial charge in [-0.25, -0.2) is 14.4 Å². The van der Waals surface area contributed by atoms with E-state index < -0.39 is 18.2 Å². The van der Waals surface area contributed by atoms with Crippen LogP contribution < -0.4 is 10.6 Å². The van der Waals surface area contributed by atoms with Gasteiger partial charge in [0.2, 0.25) is 11.7 Å². The highest BCUT2D eigenvalue weighted by Gasteiger charge is 2.23. The van der Waals surface area contributed by atoms with Crippen LogP contribution in [0.4, 0.5) is 15.3 Å². The number of guanidine groups is 1. The van der Waals surface area contributed by atoms with Gasteiger partial charge in [-0.3, -0.25) is 5.32 Å². The molecule has 0 atom stereocenters. The lowest BCUT2D eigenvalue weighted by molar-refractivity contribution is 0.0566. The SMILES string of the molecule is COC(=O)/N=C(\NC(=O)OC)Nc1c(Cc2ccccc2)coc1C(=O)OC. The smallest absolute Gasteiger partial charge is 0.436 e. The van der Waals surface area contributed by atoms with Crippen LogP contribution in [0.3, 0.4) is 0 Å². The second-order valence-electron chi connectivity index (χ2n) is 5.29. The summed E-state index contributed by atoms with van der Waals surface area (Å²) in [5.41, 5.74) is 1.68. The molecular formula is C18H19N3O7. The zero-order chi connectivity index (χ0) is 20.5. The first-order valence-corrected chi connectivity index (χ1v) is 7.99. The average Bonchev–Trinajstić information content (AvgIpc) is 3.09. The molecule has 0 spiro atoms. The Morgan fingerprint density at radius 3 is 2.36 bits per heavy atom. The number of aliphatic imine (C=N–C) groups is 1. The number of hydrogen-bond donors (Lipinski definition) is 2. The molecule has 2 rings (SSSR count). The highest BCUT2D eigenvalue weighted by atomic mass is 16.5. The number of ether oxygens (including phenoxy) is 3. The minimum absolute atomic E-state index is 0.155. The zero-order valence-corrected chi connectivity index (χ0v) is 15.5. The molecule has 0 aliphatic carbocycles. The van der Waals surface area contributed by atoms with Crippen LogP contribution in [0.2, 0.25) is 0 Å². The van der Waals surface area contributed by atoms with E-state index in [0.717, 1.165) is 19.8 Å². The summed E-state index contributed by atoms with van der Waals surface area (Å²) < 4.78 is 19.0. The van der Waals surface area contributed by atoms with Crippen LogP contribution in [-0.2, 0) is 20.6 Å². The third-order valence-electron chi connectivity index (χ3n) is 3.50. The van der Waals surface area contributed by atoms with Gasteiger partial charge in [-0.05, 0) is 5.56 Å². The molecule has 10 heteroatoms. The van der Waals surface area contributed by atoms with E-state index in [9.17, 15) is 14.4 Å². The lowest BCUT2D eigenvalue weighted by Gasteiger charge is -2.12. The predicted molar refractivity (Wildman–Crippen MR) is 98.3 cm³/mol. The van der Waals surface area contributed by atoms with Crippen LogP contribution in [0.1, 0.15) is 21.7 Å². The summed E-state index contributed by atoms with van der Waals surface area (Å²) in [6.07, 6.45) is -0.0995. The summed E-state index contributed by atoms with van der Waals surface area (Å²) in [6.45, 7) is 0. The number of methoxy groups -OCH3 is 3. The molecule has 1 heterocycles. The quantitative estimate of drug-likeness (QED) is 0.353. The Bertz CT molecular complexity index is 875. The predicted octanol–water partition coefficient (Wildman–Crippen LogP) is 2.55. The van der Waals surface area contributed by atoms with E-state index in [1.165, 1.54) is 13.4 Å². The van der Waals surface area contributed by atoms with Crippen molar-refractivity contribution >= 4 is 29.8 Å². The molecule has 0 aliphatic heterocycles. The van der Waals surface area contributed by atoms with Crippen molar-refractivity contribution in [3.63, 3.8) is 0 Å². The van der Waals surface area contributed by atoms with Gasteiger partial charge >= 0.3 is 18.2 Å². The van der Waals surface area contributed by atoms with Crippen LogP contribution in [0.15, 0.2) is 46.0 Å². The molecule has 2 amide bonds. The van der Waals surface area contributed by atoms with Crippen molar-refractivity contribution in [2.24, 2.45) is 4.99 Å². The highest BCUT2D eigenvalue weighted by molar-refractivity contribution is 6.08. The monoisotopic (exact) mass is 389 g/mol. The van der Waals surface area contributed by atoms with Crippen LogP contribution in [0.25, 0.3) is 0 Å². The molecule has 0 bridgehead atoms. The molecule has 2 aromatic rings. The third-order valence-corrected chi connectivity index (χ3v) is 3.50. The van der Waals surface area contributed by atoms with Crippen LogP contribution in [0, 0.1) is 0 Å². The number of esters is 1. The third kappa shape index (κ3) is 5.34. The van der Waals surface area contributed by atoms with Gasteiger partial charge in [0.25, 0.3) is 0 Å². The van der Waals surface area contributed by atoms with Gasteiger partial charge < -0.3 is 23.9 Å². The summed E-state index contributed by atoms with van der Waals surface area (Å²) in [5.74, 6) is -1.23. The van der Waals surface area contributed by atoms with Gasteiger partial charge in [0.1, 0.15) is 0 Å². The number of carbonyl (C=O) groups is 3. The van der Waals surface area contributed by atoms with Gasteiger partial charge in [0.15, 0.2) is 0 Å². The van der Waals surface area contributed by atoms with E-state index >= 15 is 0 Å². The number of anilines is 1. The summed E-state index contributed by atoms with van der Waals surface area (Å²) in [7, 11) is 3.46. The highest BCUT2D eigenvalue weighted by Crippen LogP contribution is 2.27. The van der Waals surface area contributed by atoms with E-state index in [1.807, 2.05) is 30.3 Å². The van der Waals surface area contributed by atoms with E-state index in [4.69, 9.17) is 9.15 Å². The molecule has 148 valence electrons. The number of rotatable bonds is 4. The number of hydrogen-bond acceptors (Lipinski definition) is 7. The van der Waals surface area contributed by atoms with Crippen LogP contribution in [-0.4, -0.2) is 45.4 Å². The molecule has 0 fully saturated rings. The number of carbonyl (C=O) groups excluding carboxylic acids is 3. The van der Waals surface area contributed by atoms with E-state index in [1.54, 1.807) is 0 Å². The number of alkyl carbamates (subject to hydrolysis) is 1. The number of nitrogens with one attached hydrogen (secondary N) is 2. The first-order chi connectivity index (χ1) is 13.5. The molecule has 0 aliphatic rings. The lowest BCUT2D eigenvalue weighted by atomic mass is 10.1.